The van der Waals surface area contributed by atoms with Crippen LogP contribution in [0.3, 0.4) is 0 Å². The quantitative estimate of drug-likeness (QED) is 0.490. The third-order valence-corrected chi connectivity index (χ3v) is 0. The number of rotatable bonds is 0. The van der Waals surface area contributed by atoms with Crippen LogP contribution in [0.5, 0.6) is 0 Å². The first-order valence-electron chi connectivity index (χ1n) is 0.577. The van der Waals surface area contributed by atoms with Gasteiger partial charge in [-0.05, 0) is 0 Å². The van der Waals surface area contributed by atoms with Crippen LogP contribution < -0.4 is 0 Å². The van der Waals surface area contributed by atoms with Crippen LogP contribution in [0.1, 0.15) is 0 Å². The average Bonchev–Trinajstić information content (AvgIpc) is 1.50. The normalized spacial score (nSPS) is 1.80. The van der Waals surface area contributed by atoms with Crippen molar-refractivity contribution in [3.05, 3.63) is 0 Å². The molecule has 0 aliphatic heterocycles. The molecule has 0 heterocycles. The van der Waals surface area contributed by atoms with Gasteiger partial charge in [0.1, 0.15) is 0 Å². The van der Waals surface area contributed by atoms with Crippen molar-refractivity contribution in [3.63, 3.8) is 0 Å². The first-order valence-corrected chi connectivity index (χ1v) is 3.44. The van der Waals surface area contributed by atoms with Gasteiger partial charge in [0.25, 0.3) is 0 Å². The van der Waals surface area contributed by atoms with E-state index in [-0.39, 0.29) is 66.5 Å². The Morgan fingerprint density at radius 3 is 1.20 bits per heavy atom. The summed E-state index contributed by atoms with van der Waals surface area (Å²) in [5.41, 5.74) is 0. The standard InChI is InChI=1S/In.2O.Sn.Zn.3H. The van der Waals surface area contributed by atoms with Crippen LogP contribution in [0.4, 0.5) is 0 Å². The van der Waals surface area contributed by atoms with E-state index in [1.807, 2.05) is 0 Å². The third-order valence-electron chi connectivity index (χ3n) is 0. The summed E-state index contributed by atoms with van der Waals surface area (Å²) in [4.78, 5) is 0. The van der Waals surface area contributed by atoms with E-state index in [1.165, 1.54) is 0 Å². The van der Waals surface area contributed by atoms with Crippen LogP contribution in [0.25, 0.3) is 0 Å². The van der Waals surface area contributed by atoms with Crippen LogP contribution in [0.15, 0.2) is 0 Å². The molecular formula is H3InO2SnZn. The van der Waals surface area contributed by atoms with Crippen LogP contribution in [0.2, 0.25) is 0 Å². The summed E-state index contributed by atoms with van der Waals surface area (Å²) < 4.78 is 16.8. The minimum atomic E-state index is -0.1000. The summed E-state index contributed by atoms with van der Waals surface area (Å²) in [6, 6.07) is 0. The van der Waals surface area contributed by atoms with Crippen molar-refractivity contribution in [1.82, 2.24) is 0 Å². The molecule has 24 valence electrons. The first-order chi connectivity index (χ1) is 2.00. The van der Waals surface area contributed by atoms with E-state index in [9.17, 15) is 0 Å². The van der Waals surface area contributed by atoms with Crippen molar-refractivity contribution in [2.45, 2.75) is 0 Å². The molecular weight excluding hydrogens is 331 g/mol. The van der Waals surface area contributed by atoms with E-state index in [2.05, 4.69) is 0 Å². The molecule has 0 aliphatic rings. The number of hydrogen-bond acceptors (Lipinski definition) is 2. The van der Waals surface area contributed by atoms with Gasteiger partial charge in [-0.1, -0.05) is 0 Å². The van der Waals surface area contributed by atoms with Gasteiger partial charge in [-0.25, -0.2) is 0 Å². The molecule has 0 aromatic carbocycles. The fourth-order valence-corrected chi connectivity index (χ4v) is 0. The van der Waals surface area contributed by atoms with Crippen molar-refractivity contribution in [2.75, 3.05) is 0 Å². The van der Waals surface area contributed by atoms with E-state index in [0.29, 0.717) is 0 Å². The van der Waals surface area contributed by atoms with Crippen molar-refractivity contribution in [1.29, 1.82) is 0 Å². The second-order valence-corrected chi connectivity index (χ2v) is 0. The van der Waals surface area contributed by atoms with Gasteiger partial charge in [0, 0.05) is 0 Å². The average molecular weight is 334 g/mol. The molecule has 2 radical (unpaired) electrons. The summed E-state index contributed by atoms with van der Waals surface area (Å²) in [7, 11) is 0. The van der Waals surface area contributed by atoms with Gasteiger partial charge in [0.05, 0.1) is 0 Å². The van der Waals surface area contributed by atoms with Crippen molar-refractivity contribution >= 4 is 48.3 Å². The summed E-state index contributed by atoms with van der Waals surface area (Å²) in [5.74, 6) is 0. The molecule has 0 saturated carbocycles. The fraction of sp³-hybridized carbons (Fsp3) is 0. The maximum absolute atomic E-state index is 8.42. The predicted molar refractivity (Wildman–Crippen MR) is 17.1 cm³/mol. The monoisotopic (exact) mass is 334 g/mol. The molecule has 0 fully saturated rings. The first kappa shape index (κ1) is 15.8. The van der Waals surface area contributed by atoms with Gasteiger partial charge in [-0.3, -0.25) is 0 Å². The fourth-order valence-electron chi connectivity index (χ4n) is 0. The van der Waals surface area contributed by atoms with E-state index in [1.54, 1.807) is 0 Å². The summed E-state index contributed by atoms with van der Waals surface area (Å²) in [6.07, 6.45) is 0. The second-order valence-electron chi connectivity index (χ2n) is 0. The van der Waals surface area contributed by atoms with Crippen LogP contribution in [-0.4, -0.2) is 48.3 Å². The van der Waals surface area contributed by atoms with Crippen molar-refractivity contribution < 1.29 is 24.7 Å². The molecule has 2 nitrogen and oxygen atoms in total. The third kappa shape index (κ3) is 24.9. The van der Waals surface area contributed by atoms with Gasteiger partial charge < -0.3 is 0 Å². The molecule has 0 amide bonds. The molecule has 0 atom stereocenters. The van der Waals surface area contributed by atoms with E-state index in [0.717, 1.165) is 0 Å². The van der Waals surface area contributed by atoms with Crippen molar-refractivity contribution in [2.24, 2.45) is 0 Å². The predicted octanol–water partition coefficient (Wildman–Crippen LogP) is -1.80. The Bertz CT molecular complexity index is 11.6. The van der Waals surface area contributed by atoms with Crippen LogP contribution in [0, 0.1) is 0 Å². The zero-order chi connectivity index (χ0) is 4.00. The Kier molecular flexibility index (Phi) is 124. The molecule has 0 aliphatic carbocycles. The Morgan fingerprint density at radius 1 is 1.20 bits per heavy atom. The van der Waals surface area contributed by atoms with Gasteiger partial charge in [0.15, 0.2) is 0 Å². The molecule has 0 bridgehead atoms. The van der Waals surface area contributed by atoms with Gasteiger partial charge in [0.2, 0.25) is 0 Å². The van der Waals surface area contributed by atoms with Gasteiger partial charge >= 0.3 is 73.0 Å². The topological polar surface area (TPSA) is 34.1 Å². The van der Waals surface area contributed by atoms with Crippen molar-refractivity contribution in [3.8, 4) is 0 Å². The Balaban J connectivity index is -0.0000000133. The van der Waals surface area contributed by atoms with Gasteiger partial charge in [-0.15, -0.1) is 0 Å². The SMILES string of the molecule is [O]=[InH].[O]=[Zn].[SnH2]. The van der Waals surface area contributed by atoms with E-state index in [4.69, 9.17) is 6.43 Å². The second kappa shape index (κ2) is 39.4. The minimum absolute atomic E-state index is 0. The summed E-state index contributed by atoms with van der Waals surface area (Å²) in [6.45, 7) is 0. The maximum atomic E-state index is 8.42. The Labute approximate surface area is 72.0 Å². The van der Waals surface area contributed by atoms with Crippen LogP contribution >= 0.6 is 0 Å². The molecule has 0 N–H and O–H groups in total. The molecule has 0 aromatic rings. The Morgan fingerprint density at radius 2 is 1.20 bits per heavy atom. The summed E-state index contributed by atoms with van der Waals surface area (Å²) >= 11 is 0.0250. The van der Waals surface area contributed by atoms with E-state index >= 15 is 0 Å². The number of hydrogen-bond donors (Lipinski definition) is 0. The van der Waals surface area contributed by atoms with Gasteiger partial charge in [-0.2, -0.15) is 0 Å². The van der Waals surface area contributed by atoms with Crippen LogP contribution in [-0.2, 0) is 24.7 Å². The zero-order valence-electron chi connectivity index (χ0n) is 2.94. The van der Waals surface area contributed by atoms with E-state index < -0.39 is 0 Å². The Hall–Kier alpha value is 1.89. The molecule has 0 aromatic heterocycles. The molecule has 0 unspecified atom stereocenters. The molecule has 0 saturated heterocycles. The zero-order valence-corrected chi connectivity index (χ0v) is 14.0. The molecule has 0 spiro atoms. The summed E-state index contributed by atoms with van der Waals surface area (Å²) in [5, 5.41) is 0. The molecule has 5 heavy (non-hydrogen) atoms. The molecule has 5 heteroatoms. The molecule has 0 rings (SSSR count).